The molecule has 0 saturated heterocycles. The van der Waals surface area contributed by atoms with E-state index in [-0.39, 0.29) is 41.5 Å². The quantitative estimate of drug-likeness (QED) is 0.0813. The highest BCUT2D eigenvalue weighted by molar-refractivity contribution is 6.09. The average Bonchev–Trinajstić information content (AvgIpc) is 3.25. The number of carbonyl (C=O) groups is 1. The van der Waals surface area contributed by atoms with E-state index in [9.17, 15) is 41.4 Å². The lowest BCUT2D eigenvalue weighted by atomic mass is 9.95. The molecule has 0 bridgehead atoms. The zero-order valence-corrected chi connectivity index (χ0v) is 32.5. The molecule has 310 valence electrons. The van der Waals surface area contributed by atoms with Crippen LogP contribution in [0.4, 0.5) is 43.4 Å². The van der Waals surface area contributed by atoms with Crippen molar-refractivity contribution >= 4 is 44.4 Å². The van der Waals surface area contributed by atoms with Gasteiger partial charge in [-0.3, -0.25) is 4.79 Å². The van der Waals surface area contributed by atoms with Crippen molar-refractivity contribution in [1.82, 2.24) is 0 Å². The van der Waals surface area contributed by atoms with E-state index in [0.717, 1.165) is 46.2 Å². The van der Waals surface area contributed by atoms with Gasteiger partial charge >= 0.3 is 12.4 Å². The SMILES string of the molecule is O=C(C1=CC=C(N=Nc2c(O)ccc3cc(Cc4cccc(C(F)(F)F)c4)ccc23)CC1)c1ccc(N=Nc2c(O)ccc3cc(Cc4cccc(C(F)(F)F)c4)ccc23)cc1. The largest absolute Gasteiger partial charge is 0.506 e. The van der Waals surface area contributed by atoms with Crippen molar-refractivity contribution in [1.29, 1.82) is 0 Å². The van der Waals surface area contributed by atoms with Crippen molar-refractivity contribution in [2.75, 3.05) is 0 Å². The summed E-state index contributed by atoms with van der Waals surface area (Å²) < 4.78 is 79.3. The Balaban J connectivity index is 0.922. The van der Waals surface area contributed by atoms with Crippen LogP contribution in [0.3, 0.4) is 0 Å². The maximum absolute atomic E-state index is 13.4. The number of halogens is 6. The summed E-state index contributed by atoms with van der Waals surface area (Å²) in [6, 6.07) is 34.0. The lowest BCUT2D eigenvalue weighted by molar-refractivity contribution is -0.138. The van der Waals surface area contributed by atoms with Gasteiger partial charge in [-0.15, -0.1) is 10.2 Å². The minimum absolute atomic E-state index is 0.0873. The number of ketones is 1. The molecule has 7 aromatic carbocycles. The second kappa shape index (κ2) is 16.9. The first-order chi connectivity index (χ1) is 29.7. The fourth-order valence-corrected chi connectivity index (χ4v) is 7.31. The molecule has 0 amide bonds. The number of aromatic hydroxyl groups is 2. The first kappa shape index (κ1) is 41.3. The molecule has 1 aliphatic rings. The Bertz CT molecular complexity index is 2990. The number of alkyl halides is 6. The molecule has 7 nitrogen and oxygen atoms in total. The number of fused-ring (bicyclic) bond motifs is 2. The van der Waals surface area contributed by atoms with Crippen LogP contribution in [0.2, 0.25) is 0 Å². The summed E-state index contributed by atoms with van der Waals surface area (Å²) in [4.78, 5) is 13.4. The first-order valence-corrected chi connectivity index (χ1v) is 19.4. The fraction of sp³-hybridized carbons (Fsp3) is 0.122. The Morgan fingerprint density at radius 3 is 1.50 bits per heavy atom. The van der Waals surface area contributed by atoms with E-state index >= 15 is 0 Å². The molecule has 0 radical (unpaired) electrons. The van der Waals surface area contributed by atoms with Gasteiger partial charge in [-0.2, -0.15) is 36.6 Å². The van der Waals surface area contributed by atoms with Crippen LogP contribution in [0.15, 0.2) is 177 Å². The molecule has 0 atom stereocenters. The van der Waals surface area contributed by atoms with Crippen molar-refractivity contribution in [2.24, 2.45) is 20.5 Å². The number of Topliss-reactive ketones (excluding diaryl/α,β-unsaturated/α-hetero) is 1. The summed E-state index contributed by atoms with van der Waals surface area (Å²) in [6.45, 7) is 0. The number of azo groups is 2. The van der Waals surface area contributed by atoms with Crippen LogP contribution in [0, 0.1) is 0 Å². The Morgan fingerprint density at radius 1 is 0.516 bits per heavy atom. The van der Waals surface area contributed by atoms with Gasteiger partial charge in [-0.05, 0) is 113 Å². The molecular weight excluding hydrogens is 807 g/mol. The van der Waals surface area contributed by atoms with Crippen LogP contribution in [0.5, 0.6) is 11.5 Å². The highest BCUT2D eigenvalue weighted by Gasteiger charge is 2.31. The highest BCUT2D eigenvalue weighted by Crippen LogP contribution is 2.39. The Morgan fingerprint density at radius 2 is 1.02 bits per heavy atom. The predicted molar refractivity (Wildman–Crippen MR) is 225 cm³/mol. The van der Waals surface area contributed by atoms with Crippen molar-refractivity contribution in [2.45, 2.75) is 38.0 Å². The van der Waals surface area contributed by atoms with Crippen molar-refractivity contribution in [3.8, 4) is 11.5 Å². The summed E-state index contributed by atoms with van der Waals surface area (Å²) in [7, 11) is 0. The molecule has 0 heterocycles. The molecular formula is C49H34F6N4O3. The molecule has 2 N–H and O–H groups in total. The Labute approximate surface area is 350 Å². The fourth-order valence-electron chi connectivity index (χ4n) is 7.31. The first-order valence-electron chi connectivity index (χ1n) is 19.4. The molecule has 0 aliphatic heterocycles. The number of allylic oxidation sites excluding steroid dienone is 4. The zero-order valence-electron chi connectivity index (χ0n) is 32.5. The molecule has 8 rings (SSSR count). The van der Waals surface area contributed by atoms with Crippen LogP contribution in [-0.4, -0.2) is 16.0 Å². The molecule has 13 heteroatoms. The topological polar surface area (TPSA) is 107 Å². The summed E-state index contributed by atoms with van der Waals surface area (Å²) in [6.07, 6.45) is -4.10. The van der Waals surface area contributed by atoms with Gasteiger partial charge in [0.2, 0.25) is 0 Å². The minimum Gasteiger partial charge on any atom is -0.506 e. The average molecular weight is 841 g/mol. The van der Waals surface area contributed by atoms with E-state index < -0.39 is 23.5 Å². The second-order valence-corrected chi connectivity index (χ2v) is 14.9. The lowest BCUT2D eigenvalue weighted by Gasteiger charge is -2.12. The molecule has 0 unspecified atom stereocenters. The Kier molecular flexibility index (Phi) is 11.3. The van der Waals surface area contributed by atoms with Gasteiger partial charge in [-0.1, -0.05) is 91.0 Å². The van der Waals surface area contributed by atoms with Gasteiger partial charge in [0.05, 0.1) is 22.5 Å². The maximum atomic E-state index is 13.4. The zero-order chi connectivity index (χ0) is 43.6. The number of rotatable bonds is 10. The number of hydrogen-bond donors (Lipinski definition) is 2. The van der Waals surface area contributed by atoms with E-state index in [0.29, 0.717) is 57.3 Å². The van der Waals surface area contributed by atoms with Gasteiger partial charge in [0.1, 0.15) is 22.9 Å². The predicted octanol–water partition coefficient (Wildman–Crippen LogP) is 14.6. The normalized spacial score (nSPS) is 13.6. The molecule has 62 heavy (non-hydrogen) atoms. The van der Waals surface area contributed by atoms with Gasteiger partial charge < -0.3 is 10.2 Å². The van der Waals surface area contributed by atoms with Gasteiger partial charge in [0.15, 0.2) is 5.78 Å². The van der Waals surface area contributed by atoms with Crippen LogP contribution in [-0.2, 0) is 25.2 Å². The van der Waals surface area contributed by atoms with E-state index in [2.05, 4.69) is 20.5 Å². The van der Waals surface area contributed by atoms with E-state index in [1.54, 1.807) is 84.9 Å². The number of hydrogen-bond acceptors (Lipinski definition) is 7. The monoisotopic (exact) mass is 840 g/mol. The Hall–Kier alpha value is -7.41. The second-order valence-electron chi connectivity index (χ2n) is 14.9. The molecule has 7 aromatic rings. The summed E-state index contributed by atoms with van der Waals surface area (Å²) in [5.74, 6) is -0.371. The van der Waals surface area contributed by atoms with Gasteiger partial charge in [0, 0.05) is 21.9 Å². The highest BCUT2D eigenvalue weighted by atomic mass is 19.4. The molecule has 0 spiro atoms. The molecule has 1 aliphatic carbocycles. The number of carbonyl (C=O) groups excluding carboxylic acids is 1. The summed E-state index contributed by atoms with van der Waals surface area (Å²) >= 11 is 0. The van der Waals surface area contributed by atoms with E-state index in [4.69, 9.17) is 0 Å². The van der Waals surface area contributed by atoms with Crippen molar-refractivity contribution in [3.05, 3.63) is 196 Å². The third-order valence-electron chi connectivity index (χ3n) is 10.5. The number of benzene rings is 7. The van der Waals surface area contributed by atoms with Crippen LogP contribution < -0.4 is 0 Å². The number of nitrogens with zero attached hydrogens (tertiary/aromatic N) is 4. The summed E-state index contributed by atoms with van der Waals surface area (Å²) in [5, 5.41) is 41.2. The van der Waals surface area contributed by atoms with Crippen LogP contribution >= 0.6 is 0 Å². The van der Waals surface area contributed by atoms with Crippen LogP contribution in [0.1, 0.15) is 56.6 Å². The van der Waals surface area contributed by atoms with Crippen molar-refractivity contribution in [3.63, 3.8) is 0 Å². The van der Waals surface area contributed by atoms with Crippen LogP contribution in [0.25, 0.3) is 21.5 Å². The smallest absolute Gasteiger partial charge is 0.416 e. The third-order valence-corrected chi connectivity index (χ3v) is 10.5. The standard InChI is InChI=1S/C49H34F6N4O3/c50-48(51,52)37-5-1-3-29(27-37)23-31-7-19-41-35(25-31)13-21-43(60)45(41)58-56-39-15-9-33(10-16-39)47(62)34-11-17-40(18-12-34)57-59-46-42-20-8-32(26-36(42)14-22-44(46)61)24-30-4-2-6-38(28-30)49(53,54)55/h1-11,13-17,19-22,25-28,60-61H,12,18,23-24H2. The lowest BCUT2D eigenvalue weighted by Crippen LogP contribution is -2.05. The molecule has 0 saturated carbocycles. The minimum atomic E-state index is -4.44. The van der Waals surface area contributed by atoms with Gasteiger partial charge in [-0.25, -0.2) is 0 Å². The maximum Gasteiger partial charge on any atom is 0.416 e. The number of phenols is 2. The van der Waals surface area contributed by atoms with E-state index in [1.165, 1.54) is 24.3 Å². The van der Waals surface area contributed by atoms with Gasteiger partial charge in [0.25, 0.3) is 0 Å². The third kappa shape index (κ3) is 9.31. The molecule has 0 aromatic heterocycles. The molecule has 0 fully saturated rings. The summed E-state index contributed by atoms with van der Waals surface area (Å²) in [5.41, 5.74) is 3.68. The van der Waals surface area contributed by atoms with E-state index in [1.807, 2.05) is 12.1 Å². The number of phenolic OH excluding ortho intramolecular Hbond substituents is 2. The van der Waals surface area contributed by atoms with Crippen molar-refractivity contribution < 1.29 is 41.4 Å².